The molecule has 0 saturated heterocycles. The molecule has 146 valence electrons. The van der Waals surface area contributed by atoms with Gasteiger partial charge in [0.05, 0.1) is 19.5 Å². The summed E-state index contributed by atoms with van der Waals surface area (Å²) in [5, 5.41) is 15.4. The highest BCUT2D eigenvalue weighted by Crippen LogP contribution is 2.00. The van der Waals surface area contributed by atoms with Crippen LogP contribution >= 0.6 is 0 Å². The number of carbonyl (C=O) groups excluding carboxylic acids is 5. The van der Waals surface area contributed by atoms with Crippen molar-refractivity contribution in [1.82, 2.24) is 16.0 Å². The van der Waals surface area contributed by atoms with Crippen LogP contribution in [0, 0.1) is 0 Å². The number of amides is 5. The van der Waals surface area contributed by atoms with Gasteiger partial charge in [-0.15, -0.1) is 0 Å². The predicted octanol–water partition coefficient (Wildman–Crippen LogP) is -4.74. The average molecular weight is 374 g/mol. The molecule has 2 atom stereocenters. The summed E-state index contributed by atoms with van der Waals surface area (Å²) in [4.78, 5) is 67.8. The van der Waals surface area contributed by atoms with E-state index in [4.69, 9.17) is 22.3 Å². The van der Waals surface area contributed by atoms with Gasteiger partial charge in [0, 0.05) is 6.42 Å². The van der Waals surface area contributed by atoms with E-state index in [9.17, 15) is 28.8 Å². The first-order valence-electron chi connectivity index (χ1n) is 7.42. The highest BCUT2D eigenvalue weighted by atomic mass is 16.4. The van der Waals surface area contributed by atoms with Gasteiger partial charge in [-0.2, -0.15) is 0 Å². The van der Waals surface area contributed by atoms with E-state index < -0.39 is 60.6 Å². The Morgan fingerprint density at radius 3 is 1.96 bits per heavy atom. The monoisotopic (exact) mass is 374 g/mol. The number of carbonyl (C=O) groups is 6. The molecule has 0 aromatic heterocycles. The molecule has 0 heterocycles. The third-order valence-corrected chi connectivity index (χ3v) is 2.98. The first-order chi connectivity index (χ1) is 12.1. The molecular weight excluding hydrogens is 352 g/mol. The fourth-order valence-electron chi connectivity index (χ4n) is 1.73. The van der Waals surface area contributed by atoms with Gasteiger partial charge in [-0.3, -0.25) is 24.0 Å². The van der Waals surface area contributed by atoms with E-state index in [2.05, 4.69) is 10.6 Å². The van der Waals surface area contributed by atoms with Gasteiger partial charge >= 0.3 is 5.97 Å². The van der Waals surface area contributed by atoms with Gasteiger partial charge in [0.2, 0.25) is 29.5 Å². The molecule has 0 saturated carbocycles. The number of hydrogen-bond acceptors (Lipinski definition) is 7. The third-order valence-electron chi connectivity index (χ3n) is 2.98. The normalized spacial score (nSPS) is 12.3. The second kappa shape index (κ2) is 11.4. The van der Waals surface area contributed by atoms with Crippen molar-refractivity contribution in [2.45, 2.75) is 31.3 Å². The van der Waals surface area contributed by atoms with Crippen LogP contribution in [-0.2, 0) is 28.8 Å². The van der Waals surface area contributed by atoms with Gasteiger partial charge in [-0.05, 0) is 6.42 Å². The van der Waals surface area contributed by atoms with Crippen LogP contribution in [0.2, 0.25) is 0 Å². The number of nitrogens with one attached hydrogen (secondary N) is 3. The Balaban J connectivity index is 4.97. The Labute approximate surface area is 148 Å². The maximum Gasteiger partial charge on any atom is 0.326 e. The Bertz CT molecular complexity index is 579. The first-order valence-corrected chi connectivity index (χ1v) is 7.42. The molecule has 0 aromatic rings. The zero-order valence-electron chi connectivity index (χ0n) is 13.8. The SMILES string of the molecule is NCC(=O)NCC(=O)NC(CCC(N)=O)C(=O)NC(CC(N)=O)C(=O)O. The largest absolute Gasteiger partial charge is 0.480 e. The molecule has 5 amide bonds. The molecule has 0 aliphatic heterocycles. The molecule has 2 unspecified atom stereocenters. The van der Waals surface area contributed by atoms with E-state index in [0.29, 0.717) is 0 Å². The van der Waals surface area contributed by atoms with E-state index >= 15 is 0 Å². The van der Waals surface area contributed by atoms with Gasteiger partial charge < -0.3 is 38.3 Å². The summed E-state index contributed by atoms with van der Waals surface area (Å²) in [5.41, 5.74) is 15.0. The zero-order chi connectivity index (χ0) is 20.3. The van der Waals surface area contributed by atoms with Crippen molar-refractivity contribution >= 4 is 35.5 Å². The number of carboxylic acid groups (broad SMARTS) is 1. The number of hydrogen-bond donors (Lipinski definition) is 7. The van der Waals surface area contributed by atoms with E-state index in [1.165, 1.54) is 0 Å². The van der Waals surface area contributed by atoms with E-state index in [1.54, 1.807) is 0 Å². The van der Waals surface area contributed by atoms with Crippen LogP contribution in [0.25, 0.3) is 0 Å². The van der Waals surface area contributed by atoms with Crippen LogP contribution in [0.1, 0.15) is 19.3 Å². The molecular formula is C13H22N6O7. The minimum absolute atomic E-state index is 0.222. The molecule has 13 heteroatoms. The minimum Gasteiger partial charge on any atom is -0.480 e. The topological polar surface area (TPSA) is 237 Å². The van der Waals surface area contributed by atoms with Crippen molar-refractivity contribution in [2.24, 2.45) is 17.2 Å². The second-order valence-corrected chi connectivity index (χ2v) is 5.18. The van der Waals surface area contributed by atoms with Crippen molar-refractivity contribution in [3.63, 3.8) is 0 Å². The third kappa shape index (κ3) is 9.82. The molecule has 0 aliphatic rings. The lowest BCUT2D eigenvalue weighted by atomic mass is 10.1. The van der Waals surface area contributed by atoms with E-state index in [0.717, 1.165) is 0 Å². The summed E-state index contributed by atoms with van der Waals surface area (Å²) < 4.78 is 0. The smallest absolute Gasteiger partial charge is 0.326 e. The summed E-state index contributed by atoms with van der Waals surface area (Å²) in [6.07, 6.45) is -1.16. The van der Waals surface area contributed by atoms with Crippen LogP contribution in [-0.4, -0.2) is 65.8 Å². The van der Waals surface area contributed by atoms with E-state index in [1.807, 2.05) is 5.32 Å². The Kier molecular flexibility index (Phi) is 9.95. The fourth-order valence-corrected chi connectivity index (χ4v) is 1.73. The van der Waals surface area contributed by atoms with Gasteiger partial charge in [0.15, 0.2) is 0 Å². The van der Waals surface area contributed by atoms with Gasteiger partial charge in [-0.1, -0.05) is 0 Å². The summed E-state index contributed by atoms with van der Waals surface area (Å²) in [5.74, 6) is -5.56. The number of aliphatic carboxylic acids is 1. The molecule has 0 radical (unpaired) electrons. The maximum absolute atomic E-state index is 12.2. The van der Waals surface area contributed by atoms with Crippen LogP contribution < -0.4 is 33.2 Å². The molecule has 0 aliphatic carbocycles. The summed E-state index contributed by atoms with van der Waals surface area (Å²) >= 11 is 0. The van der Waals surface area contributed by atoms with Crippen LogP contribution in [0.5, 0.6) is 0 Å². The molecule has 0 aromatic carbocycles. The number of nitrogens with two attached hydrogens (primary N) is 3. The quantitative estimate of drug-likeness (QED) is 0.174. The van der Waals surface area contributed by atoms with Crippen LogP contribution in [0.3, 0.4) is 0 Å². The lowest BCUT2D eigenvalue weighted by Gasteiger charge is -2.20. The Morgan fingerprint density at radius 2 is 1.50 bits per heavy atom. The number of primary amides is 2. The van der Waals surface area contributed by atoms with Crippen molar-refractivity contribution < 1.29 is 33.9 Å². The molecule has 0 fully saturated rings. The molecule has 26 heavy (non-hydrogen) atoms. The summed E-state index contributed by atoms with van der Waals surface area (Å²) in [6.45, 7) is -0.827. The summed E-state index contributed by atoms with van der Waals surface area (Å²) in [7, 11) is 0. The zero-order valence-corrected chi connectivity index (χ0v) is 13.8. The Morgan fingerprint density at radius 1 is 0.885 bits per heavy atom. The minimum atomic E-state index is -1.61. The predicted molar refractivity (Wildman–Crippen MR) is 85.8 cm³/mol. The second-order valence-electron chi connectivity index (χ2n) is 5.18. The molecule has 0 rings (SSSR count). The molecule has 0 bridgehead atoms. The van der Waals surface area contributed by atoms with Crippen LogP contribution in [0.4, 0.5) is 0 Å². The van der Waals surface area contributed by atoms with Crippen molar-refractivity contribution in [1.29, 1.82) is 0 Å². The van der Waals surface area contributed by atoms with Crippen LogP contribution in [0.15, 0.2) is 0 Å². The number of carboxylic acids is 1. The number of rotatable bonds is 12. The average Bonchev–Trinajstić information content (AvgIpc) is 2.54. The standard InChI is InChI=1S/C13H22N6O7/c14-4-10(22)17-5-11(23)18-6(1-2-8(15)20)12(24)19-7(13(25)26)3-9(16)21/h6-7H,1-5,14H2,(H2,15,20)(H2,16,21)(H,17,22)(H,18,23)(H,19,24)(H,25,26). The van der Waals surface area contributed by atoms with Crippen molar-refractivity contribution in [3.05, 3.63) is 0 Å². The van der Waals surface area contributed by atoms with Gasteiger partial charge in [-0.25, -0.2) is 4.79 Å². The van der Waals surface area contributed by atoms with Gasteiger partial charge in [0.25, 0.3) is 0 Å². The Hall–Kier alpha value is -3.22. The molecule has 13 nitrogen and oxygen atoms in total. The van der Waals surface area contributed by atoms with Crippen molar-refractivity contribution in [2.75, 3.05) is 13.1 Å². The summed E-state index contributed by atoms with van der Waals surface area (Å²) in [6, 6.07) is -2.93. The first kappa shape index (κ1) is 22.8. The fraction of sp³-hybridized carbons (Fsp3) is 0.538. The molecule has 0 spiro atoms. The van der Waals surface area contributed by atoms with Crippen molar-refractivity contribution in [3.8, 4) is 0 Å². The van der Waals surface area contributed by atoms with E-state index in [-0.39, 0.29) is 19.4 Å². The molecule has 10 N–H and O–H groups in total. The maximum atomic E-state index is 12.2. The highest BCUT2D eigenvalue weighted by Gasteiger charge is 2.27. The lowest BCUT2D eigenvalue weighted by molar-refractivity contribution is -0.143. The highest BCUT2D eigenvalue weighted by molar-refractivity contribution is 5.93. The van der Waals surface area contributed by atoms with Gasteiger partial charge in [0.1, 0.15) is 12.1 Å². The lowest BCUT2D eigenvalue weighted by Crippen LogP contribution is -2.54.